The number of rotatable bonds is 2. The Balaban J connectivity index is 2.16. The molecule has 2 N–H and O–H groups in total. The molecule has 2 atom stereocenters. The first-order chi connectivity index (χ1) is 15.1. The first-order valence-electron chi connectivity index (χ1n) is 10.2. The van der Waals surface area contributed by atoms with Gasteiger partial charge in [-0.25, -0.2) is 4.79 Å². The van der Waals surface area contributed by atoms with Crippen molar-refractivity contribution in [3.63, 3.8) is 0 Å². The fraction of sp³-hybridized carbons (Fsp3) is 0.417. The molecular weight excluding hydrogens is 406 g/mol. The molecule has 32 heavy (non-hydrogen) atoms. The van der Waals surface area contributed by atoms with E-state index in [9.17, 15) is 20.6 Å². The standard InChI is InChI=1S/C24H25N5O3/c1-23(2,3)32-16-7-5-15(6-8-16)20-17(11-25)21(28)24(13-26,14-27)19-9-10-29(12-18(19)20)22(30)31-4/h5-9,18,20H,10,12,28H2,1-4H3/t18-,20-/m1/s1. The average molecular weight is 431 g/mol. The Labute approximate surface area is 187 Å². The molecule has 0 bridgehead atoms. The van der Waals surface area contributed by atoms with Gasteiger partial charge in [-0.15, -0.1) is 0 Å². The van der Waals surface area contributed by atoms with Crippen molar-refractivity contribution in [3.8, 4) is 24.0 Å². The fourth-order valence-electron chi connectivity index (χ4n) is 4.39. The molecule has 0 aromatic heterocycles. The van der Waals surface area contributed by atoms with E-state index >= 15 is 0 Å². The summed E-state index contributed by atoms with van der Waals surface area (Å²) in [5.74, 6) is -0.345. The fourth-order valence-corrected chi connectivity index (χ4v) is 4.39. The summed E-state index contributed by atoms with van der Waals surface area (Å²) in [5, 5.41) is 29.8. The summed E-state index contributed by atoms with van der Waals surface area (Å²) in [4.78, 5) is 13.7. The zero-order valence-electron chi connectivity index (χ0n) is 18.5. The van der Waals surface area contributed by atoms with Crippen LogP contribution in [0.25, 0.3) is 0 Å². The summed E-state index contributed by atoms with van der Waals surface area (Å²) in [6, 6.07) is 13.5. The maximum Gasteiger partial charge on any atom is 0.409 e. The third-order valence-electron chi connectivity index (χ3n) is 5.74. The summed E-state index contributed by atoms with van der Waals surface area (Å²) in [6.45, 7) is 6.21. The minimum atomic E-state index is -1.75. The molecule has 8 nitrogen and oxygen atoms in total. The van der Waals surface area contributed by atoms with Crippen molar-refractivity contribution >= 4 is 6.09 Å². The molecule has 0 unspecified atom stereocenters. The summed E-state index contributed by atoms with van der Waals surface area (Å²) in [6.07, 6.45) is 1.16. The molecule has 164 valence electrons. The van der Waals surface area contributed by atoms with Gasteiger partial charge in [0.1, 0.15) is 11.4 Å². The van der Waals surface area contributed by atoms with Crippen LogP contribution in [0.5, 0.6) is 5.75 Å². The number of nitriles is 3. The van der Waals surface area contributed by atoms with E-state index in [1.54, 1.807) is 6.08 Å². The van der Waals surface area contributed by atoms with Crippen LogP contribution in [-0.4, -0.2) is 36.8 Å². The topological polar surface area (TPSA) is 136 Å². The number of hydrogen-bond acceptors (Lipinski definition) is 7. The molecule has 1 aromatic rings. The predicted octanol–water partition coefficient (Wildman–Crippen LogP) is 3.36. The second-order valence-electron chi connectivity index (χ2n) is 8.81. The number of benzene rings is 1. The normalized spacial score (nSPS) is 21.9. The van der Waals surface area contributed by atoms with Crippen LogP contribution in [0.1, 0.15) is 32.3 Å². The van der Waals surface area contributed by atoms with Gasteiger partial charge in [0, 0.05) is 24.9 Å². The van der Waals surface area contributed by atoms with Gasteiger partial charge in [-0.05, 0) is 44.0 Å². The highest BCUT2D eigenvalue weighted by atomic mass is 16.5. The summed E-state index contributed by atoms with van der Waals surface area (Å²) >= 11 is 0. The van der Waals surface area contributed by atoms with Gasteiger partial charge in [0.15, 0.2) is 0 Å². The molecule has 0 spiro atoms. The third kappa shape index (κ3) is 3.74. The molecule has 0 saturated heterocycles. The van der Waals surface area contributed by atoms with Crippen LogP contribution < -0.4 is 10.5 Å². The van der Waals surface area contributed by atoms with Gasteiger partial charge in [-0.2, -0.15) is 15.8 Å². The second kappa shape index (κ2) is 8.29. The van der Waals surface area contributed by atoms with Crippen LogP contribution in [0.2, 0.25) is 0 Å². The Bertz CT molecular complexity index is 1090. The first kappa shape index (κ1) is 22.7. The van der Waals surface area contributed by atoms with Gasteiger partial charge < -0.3 is 20.1 Å². The largest absolute Gasteiger partial charge is 0.488 e. The van der Waals surface area contributed by atoms with Gasteiger partial charge in [-0.1, -0.05) is 18.2 Å². The number of fused-ring (bicyclic) bond motifs is 1. The maximum absolute atomic E-state index is 12.2. The molecule has 0 radical (unpaired) electrons. The SMILES string of the molecule is COC(=O)N1CC=C2[C@@H](C1)[C@H](c1ccc(OC(C)(C)C)cc1)C(C#N)=C(N)C2(C#N)C#N. The maximum atomic E-state index is 12.2. The smallest absolute Gasteiger partial charge is 0.409 e. The summed E-state index contributed by atoms with van der Waals surface area (Å²) in [5.41, 5.74) is 5.58. The number of hydrogen-bond donors (Lipinski definition) is 1. The van der Waals surface area contributed by atoms with Crippen LogP contribution in [0.4, 0.5) is 4.79 Å². The van der Waals surface area contributed by atoms with E-state index in [1.807, 2.05) is 57.2 Å². The van der Waals surface area contributed by atoms with Gasteiger partial charge in [-0.3, -0.25) is 0 Å². The Kier molecular flexibility index (Phi) is 5.88. The number of nitrogens with two attached hydrogens (primary N) is 1. The van der Waals surface area contributed by atoms with E-state index in [1.165, 1.54) is 12.0 Å². The average Bonchev–Trinajstić information content (AvgIpc) is 2.77. The van der Waals surface area contributed by atoms with Gasteiger partial charge >= 0.3 is 6.09 Å². The highest BCUT2D eigenvalue weighted by Gasteiger charge is 2.53. The summed E-state index contributed by atoms with van der Waals surface area (Å²) in [7, 11) is 1.29. The van der Waals surface area contributed by atoms with Crippen LogP contribution in [0, 0.1) is 45.3 Å². The molecule has 2 aliphatic rings. The molecule has 8 heteroatoms. The zero-order chi connectivity index (χ0) is 23.7. The van der Waals surface area contributed by atoms with E-state index in [0.717, 1.165) is 5.56 Å². The van der Waals surface area contributed by atoms with Gasteiger partial charge in [0.25, 0.3) is 0 Å². The van der Waals surface area contributed by atoms with E-state index in [0.29, 0.717) is 11.3 Å². The molecule has 0 fully saturated rings. The third-order valence-corrected chi connectivity index (χ3v) is 5.74. The van der Waals surface area contributed by atoms with E-state index < -0.39 is 23.3 Å². The molecule has 1 aliphatic heterocycles. The van der Waals surface area contributed by atoms with Crippen LogP contribution in [0.15, 0.2) is 47.2 Å². The minimum Gasteiger partial charge on any atom is -0.488 e. The Hall–Kier alpha value is -3.96. The summed E-state index contributed by atoms with van der Waals surface area (Å²) < 4.78 is 10.7. The molecular formula is C24H25N5O3. The van der Waals surface area contributed by atoms with Gasteiger partial charge in [0.05, 0.1) is 36.6 Å². The van der Waals surface area contributed by atoms with E-state index in [2.05, 4.69) is 6.07 Å². The zero-order valence-corrected chi connectivity index (χ0v) is 18.5. The number of allylic oxidation sites excluding steroid dienone is 2. The first-order valence-corrected chi connectivity index (χ1v) is 10.2. The quantitative estimate of drug-likeness (QED) is 0.709. The number of nitrogens with zero attached hydrogens (tertiary/aromatic N) is 4. The minimum absolute atomic E-state index is 0.0564. The molecule has 0 saturated carbocycles. The Morgan fingerprint density at radius 3 is 2.31 bits per heavy atom. The van der Waals surface area contributed by atoms with Gasteiger partial charge in [0.2, 0.25) is 5.41 Å². The molecule has 1 heterocycles. The number of ether oxygens (including phenoxy) is 2. The van der Waals surface area contributed by atoms with Crippen molar-refractivity contribution in [3.05, 3.63) is 52.7 Å². The molecule has 1 aliphatic carbocycles. The van der Waals surface area contributed by atoms with Crippen LogP contribution in [0.3, 0.4) is 0 Å². The van der Waals surface area contributed by atoms with Crippen LogP contribution >= 0.6 is 0 Å². The molecule has 1 aromatic carbocycles. The van der Waals surface area contributed by atoms with E-state index in [4.69, 9.17) is 15.2 Å². The number of methoxy groups -OCH3 is 1. The van der Waals surface area contributed by atoms with Crippen molar-refractivity contribution in [1.29, 1.82) is 15.8 Å². The highest BCUT2D eigenvalue weighted by molar-refractivity contribution is 5.69. The second-order valence-corrected chi connectivity index (χ2v) is 8.81. The number of amides is 1. The highest BCUT2D eigenvalue weighted by Crippen LogP contribution is 2.52. The lowest BCUT2D eigenvalue weighted by Crippen LogP contribution is -2.48. The van der Waals surface area contributed by atoms with Crippen molar-refractivity contribution in [2.24, 2.45) is 17.1 Å². The monoisotopic (exact) mass is 431 g/mol. The van der Waals surface area contributed by atoms with Crippen molar-refractivity contribution in [2.75, 3.05) is 20.2 Å². The predicted molar refractivity (Wildman–Crippen MR) is 116 cm³/mol. The number of carbonyl (C=O) groups excluding carboxylic acids is 1. The Morgan fingerprint density at radius 1 is 1.19 bits per heavy atom. The number of carbonyl (C=O) groups is 1. The molecule has 3 rings (SSSR count). The Morgan fingerprint density at radius 2 is 1.81 bits per heavy atom. The lowest BCUT2D eigenvalue weighted by Gasteiger charge is -2.44. The lowest BCUT2D eigenvalue weighted by molar-refractivity contribution is 0.117. The van der Waals surface area contributed by atoms with E-state index in [-0.39, 0.29) is 30.0 Å². The van der Waals surface area contributed by atoms with Crippen molar-refractivity contribution < 1.29 is 14.3 Å². The molecule has 1 amide bonds. The van der Waals surface area contributed by atoms with Crippen LogP contribution in [-0.2, 0) is 4.74 Å². The van der Waals surface area contributed by atoms with Crippen molar-refractivity contribution in [1.82, 2.24) is 4.90 Å². The van der Waals surface area contributed by atoms with Crippen molar-refractivity contribution in [2.45, 2.75) is 32.3 Å². The lowest BCUT2D eigenvalue weighted by atomic mass is 9.60.